The number of methoxy groups -OCH3 is 1. The van der Waals surface area contributed by atoms with E-state index in [0.29, 0.717) is 46.2 Å². The van der Waals surface area contributed by atoms with E-state index >= 15 is 0 Å². The third-order valence-electron chi connectivity index (χ3n) is 5.28. The minimum Gasteiger partial charge on any atom is -0.497 e. The molecule has 5 nitrogen and oxygen atoms in total. The van der Waals surface area contributed by atoms with Crippen molar-refractivity contribution in [2.75, 3.05) is 7.11 Å². The Morgan fingerprint density at radius 1 is 1.00 bits per heavy atom. The average Bonchev–Trinajstić information content (AvgIpc) is 2.73. The molecular weight excluding hydrogens is 354 g/mol. The summed E-state index contributed by atoms with van der Waals surface area (Å²) >= 11 is 0. The van der Waals surface area contributed by atoms with E-state index < -0.39 is 5.63 Å². The van der Waals surface area contributed by atoms with Gasteiger partial charge in [0.2, 0.25) is 0 Å². The highest BCUT2D eigenvalue weighted by Crippen LogP contribution is 2.38. The fourth-order valence-electron chi connectivity index (χ4n) is 4.02. The number of ketones is 1. The summed E-state index contributed by atoms with van der Waals surface area (Å²) in [6.07, 6.45) is 1.93. The Hall–Kier alpha value is -3.47. The highest BCUT2D eigenvalue weighted by atomic mass is 16.5. The van der Waals surface area contributed by atoms with Crippen LogP contribution in [0.2, 0.25) is 0 Å². The molecule has 0 bridgehead atoms. The van der Waals surface area contributed by atoms with E-state index in [2.05, 4.69) is 0 Å². The van der Waals surface area contributed by atoms with Crippen LogP contribution >= 0.6 is 0 Å². The highest BCUT2D eigenvalue weighted by molar-refractivity contribution is 6.15. The van der Waals surface area contributed by atoms with Gasteiger partial charge in [0, 0.05) is 22.9 Å². The van der Waals surface area contributed by atoms with Crippen molar-refractivity contribution in [1.29, 1.82) is 0 Å². The molecule has 0 atom stereocenters. The number of nitrogens with zero attached hydrogens (tertiary/aromatic N) is 1. The quantitative estimate of drug-likeness (QED) is 0.382. The van der Waals surface area contributed by atoms with Gasteiger partial charge in [-0.25, -0.2) is 4.79 Å². The first-order valence-corrected chi connectivity index (χ1v) is 9.23. The van der Waals surface area contributed by atoms with Crippen molar-refractivity contribution >= 4 is 27.7 Å². The molecule has 2 heterocycles. The van der Waals surface area contributed by atoms with Crippen molar-refractivity contribution in [3.63, 3.8) is 0 Å². The number of pyridine rings is 1. The van der Waals surface area contributed by atoms with Gasteiger partial charge >= 0.3 is 5.63 Å². The molecule has 138 valence electrons. The zero-order valence-electron chi connectivity index (χ0n) is 15.3. The molecule has 2 aromatic carbocycles. The maximum absolute atomic E-state index is 13.0. The molecule has 0 unspecified atom stereocenters. The predicted octanol–water partition coefficient (Wildman–Crippen LogP) is 4.54. The van der Waals surface area contributed by atoms with E-state index in [4.69, 9.17) is 14.1 Å². The van der Waals surface area contributed by atoms with Gasteiger partial charge in [0.15, 0.2) is 5.78 Å². The molecule has 0 radical (unpaired) electrons. The Morgan fingerprint density at radius 3 is 2.71 bits per heavy atom. The number of rotatable bonds is 2. The van der Waals surface area contributed by atoms with Crippen molar-refractivity contribution in [3.8, 4) is 16.9 Å². The van der Waals surface area contributed by atoms with Gasteiger partial charge in [-0.05, 0) is 42.7 Å². The molecule has 0 amide bonds. The number of carbonyl (C=O) groups excluding carboxylic acids is 1. The number of fused-ring (bicyclic) bond motifs is 4. The molecule has 1 aliphatic rings. The Labute approximate surface area is 160 Å². The number of aromatic nitrogens is 1. The van der Waals surface area contributed by atoms with Crippen molar-refractivity contribution in [2.45, 2.75) is 19.3 Å². The van der Waals surface area contributed by atoms with E-state index in [1.165, 1.54) is 0 Å². The first kappa shape index (κ1) is 16.7. The number of para-hydroxylation sites is 1. The number of carbonyl (C=O) groups is 1. The van der Waals surface area contributed by atoms with Gasteiger partial charge in [-0.2, -0.15) is 0 Å². The third kappa shape index (κ3) is 2.43. The second-order valence-corrected chi connectivity index (χ2v) is 6.93. The van der Waals surface area contributed by atoms with Crippen molar-refractivity contribution in [1.82, 2.24) is 4.98 Å². The van der Waals surface area contributed by atoms with Crippen molar-refractivity contribution in [2.24, 2.45) is 0 Å². The molecule has 2 aromatic heterocycles. The van der Waals surface area contributed by atoms with Crippen LogP contribution in [0.25, 0.3) is 33.0 Å². The second-order valence-electron chi connectivity index (χ2n) is 6.93. The number of hydrogen-bond donors (Lipinski definition) is 0. The SMILES string of the molecule is COc1cccc(-c2c3c(nc4c2c(=O)oc2ccccc24)CCCC3=O)c1. The highest BCUT2D eigenvalue weighted by Gasteiger charge is 2.28. The minimum absolute atomic E-state index is 0.0148. The molecule has 5 rings (SSSR count). The zero-order valence-corrected chi connectivity index (χ0v) is 15.3. The molecule has 0 saturated carbocycles. The molecule has 0 fully saturated rings. The van der Waals surface area contributed by atoms with Gasteiger partial charge in [-0.3, -0.25) is 9.78 Å². The van der Waals surface area contributed by atoms with E-state index in [-0.39, 0.29) is 5.78 Å². The summed E-state index contributed by atoms with van der Waals surface area (Å²) in [5.74, 6) is 0.672. The van der Waals surface area contributed by atoms with Crippen LogP contribution in [0.15, 0.2) is 57.7 Å². The topological polar surface area (TPSA) is 69.4 Å². The maximum atomic E-state index is 13.0. The van der Waals surface area contributed by atoms with E-state index in [1.54, 1.807) is 13.2 Å². The number of hydrogen-bond acceptors (Lipinski definition) is 5. The summed E-state index contributed by atoms with van der Waals surface area (Å²) < 4.78 is 10.9. The van der Waals surface area contributed by atoms with Crippen LogP contribution < -0.4 is 10.4 Å². The van der Waals surface area contributed by atoms with E-state index in [0.717, 1.165) is 23.1 Å². The van der Waals surface area contributed by atoms with Gasteiger partial charge < -0.3 is 9.15 Å². The molecule has 0 spiro atoms. The Bertz CT molecular complexity index is 1320. The first-order chi connectivity index (χ1) is 13.7. The van der Waals surface area contributed by atoms with Gasteiger partial charge in [0.1, 0.15) is 11.3 Å². The molecular formula is C23H17NO4. The molecule has 0 saturated heterocycles. The number of Topliss-reactive ketones (excluding diaryl/α,β-unsaturated/α-hetero) is 1. The van der Waals surface area contributed by atoms with Crippen molar-refractivity contribution in [3.05, 3.63) is 70.2 Å². The molecule has 28 heavy (non-hydrogen) atoms. The fraction of sp³-hybridized carbons (Fsp3) is 0.174. The molecule has 0 aliphatic heterocycles. The van der Waals surface area contributed by atoms with Crippen LogP contribution in [0.4, 0.5) is 0 Å². The standard InChI is InChI=1S/C23H17NO4/c1-27-14-7-4-6-13(12-14)19-20-16(9-5-10-17(20)25)24-22-15-8-2-3-11-18(15)28-23(26)21(19)22/h2-4,6-8,11-12H,5,9-10H2,1H3. The lowest BCUT2D eigenvalue weighted by molar-refractivity contribution is 0.0972. The van der Waals surface area contributed by atoms with Crippen LogP contribution in [0.1, 0.15) is 28.9 Å². The molecule has 5 heteroatoms. The minimum atomic E-state index is -0.486. The van der Waals surface area contributed by atoms with Crippen LogP contribution in [0.3, 0.4) is 0 Å². The van der Waals surface area contributed by atoms with Gasteiger partial charge in [-0.15, -0.1) is 0 Å². The Morgan fingerprint density at radius 2 is 1.86 bits per heavy atom. The first-order valence-electron chi connectivity index (χ1n) is 9.23. The van der Waals surface area contributed by atoms with Gasteiger partial charge in [0.25, 0.3) is 0 Å². The summed E-state index contributed by atoms with van der Waals surface area (Å²) in [5.41, 5.74) is 3.22. The Kier molecular flexibility index (Phi) is 3.76. The molecule has 4 aromatic rings. The maximum Gasteiger partial charge on any atom is 0.346 e. The van der Waals surface area contributed by atoms with Crippen LogP contribution in [-0.4, -0.2) is 17.9 Å². The normalized spacial score (nSPS) is 13.7. The summed E-state index contributed by atoms with van der Waals surface area (Å²) in [5, 5.41) is 1.11. The van der Waals surface area contributed by atoms with E-state index in [9.17, 15) is 9.59 Å². The monoisotopic (exact) mass is 371 g/mol. The zero-order chi connectivity index (χ0) is 19.3. The summed E-state index contributed by atoms with van der Waals surface area (Å²) in [7, 11) is 1.59. The van der Waals surface area contributed by atoms with E-state index in [1.807, 2.05) is 42.5 Å². The summed E-state index contributed by atoms with van der Waals surface area (Å²) in [6.45, 7) is 0. The molecule has 0 N–H and O–H groups in total. The van der Waals surface area contributed by atoms with Gasteiger partial charge in [0.05, 0.1) is 23.7 Å². The Balaban J connectivity index is 2.01. The lowest BCUT2D eigenvalue weighted by Crippen LogP contribution is -2.17. The van der Waals surface area contributed by atoms with Crippen LogP contribution in [0.5, 0.6) is 5.75 Å². The van der Waals surface area contributed by atoms with Gasteiger partial charge in [-0.1, -0.05) is 24.3 Å². The molecule has 1 aliphatic carbocycles. The number of ether oxygens (including phenoxy) is 1. The summed E-state index contributed by atoms with van der Waals surface area (Å²) in [4.78, 5) is 30.6. The summed E-state index contributed by atoms with van der Waals surface area (Å²) in [6, 6.07) is 14.8. The lowest BCUT2D eigenvalue weighted by atomic mass is 9.86. The smallest absolute Gasteiger partial charge is 0.346 e. The average molecular weight is 371 g/mol. The third-order valence-corrected chi connectivity index (χ3v) is 5.28. The van der Waals surface area contributed by atoms with Crippen LogP contribution in [-0.2, 0) is 6.42 Å². The number of benzene rings is 2. The van der Waals surface area contributed by atoms with Crippen LogP contribution in [0, 0.1) is 0 Å². The predicted molar refractivity (Wildman–Crippen MR) is 107 cm³/mol. The lowest BCUT2D eigenvalue weighted by Gasteiger charge is -2.20. The van der Waals surface area contributed by atoms with Crippen molar-refractivity contribution < 1.29 is 13.9 Å². The second kappa shape index (κ2) is 6.30. The fourth-order valence-corrected chi connectivity index (χ4v) is 4.02. The number of aryl methyl sites for hydroxylation is 1. The largest absolute Gasteiger partial charge is 0.497 e.